The van der Waals surface area contributed by atoms with Gasteiger partial charge in [-0.25, -0.2) is 9.97 Å². The Morgan fingerprint density at radius 1 is 1.60 bits per heavy atom. The molecule has 10 heavy (non-hydrogen) atoms. The highest BCUT2D eigenvalue weighted by atomic mass is 127. The molecule has 0 fully saturated rings. The third kappa shape index (κ3) is 2.25. The third-order valence-electron chi connectivity index (χ3n) is 0.853. The largest absolute Gasteiger partial charge is 0.224 e. The third-order valence-corrected chi connectivity index (χ3v) is 2.20. The van der Waals surface area contributed by atoms with E-state index in [-0.39, 0.29) is 0 Å². The van der Waals surface area contributed by atoms with Crippen LogP contribution in [0.25, 0.3) is 0 Å². The summed E-state index contributed by atoms with van der Waals surface area (Å²) in [5, 5.41) is 1.22. The Labute approximate surface area is 81.9 Å². The number of halogens is 2. The molecule has 0 spiro atoms. The highest BCUT2D eigenvalue weighted by Crippen LogP contribution is 2.15. The molecule has 0 aliphatic rings. The Morgan fingerprint density at radius 3 is 2.80 bits per heavy atom. The summed E-state index contributed by atoms with van der Waals surface area (Å²) < 4.78 is 0.877. The molecule has 1 rings (SSSR count). The molecule has 0 radical (unpaired) electrons. The zero-order chi connectivity index (χ0) is 7.56. The normalized spacial score (nSPS) is 9.90. The Morgan fingerprint density at radius 2 is 2.30 bits per heavy atom. The summed E-state index contributed by atoms with van der Waals surface area (Å²) >= 11 is 9.25. The minimum atomic E-state index is 0.316. The summed E-state index contributed by atoms with van der Waals surface area (Å²) in [5.74, 6) is 0. The van der Waals surface area contributed by atoms with Crippen molar-refractivity contribution >= 4 is 46.0 Å². The van der Waals surface area contributed by atoms with Crippen LogP contribution in [0.3, 0.4) is 0 Å². The van der Waals surface area contributed by atoms with Crippen LogP contribution in [0.1, 0.15) is 0 Å². The second-order valence-electron chi connectivity index (χ2n) is 1.50. The van der Waals surface area contributed by atoms with Crippen molar-refractivity contribution < 1.29 is 0 Å². The molecular formula is C5H4ClIN2S. The van der Waals surface area contributed by atoms with Crippen molar-refractivity contribution in [2.75, 3.05) is 6.26 Å². The predicted molar refractivity (Wildman–Crippen MR) is 51.5 cm³/mol. The molecule has 1 heterocycles. The van der Waals surface area contributed by atoms with Crippen LogP contribution in [0.5, 0.6) is 0 Å². The molecule has 54 valence electrons. The van der Waals surface area contributed by atoms with Gasteiger partial charge < -0.3 is 0 Å². The predicted octanol–water partition coefficient (Wildman–Crippen LogP) is 2.46. The molecule has 0 aliphatic heterocycles. The van der Waals surface area contributed by atoms with Gasteiger partial charge in [0.1, 0.15) is 8.73 Å². The van der Waals surface area contributed by atoms with Gasteiger partial charge in [-0.1, -0.05) is 0 Å². The van der Waals surface area contributed by atoms with Gasteiger partial charge in [-0.2, -0.15) is 0 Å². The number of rotatable bonds is 1. The number of thioether (sulfide) groups is 1. The van der Waals surface area contributed by atoms with E-state index in [1.54, 1.807) is 11.8 Å². The fourth-order valence-corrected chi connectivity index (χ4v) is 1.99. The van der Waals surface area contributed by atoms with E-state index in [1.165, 1.54) is 0 Å². The van der Waals surface area contributed by atoms with Crippen molar-refractivity contribution in [3.63, 3.8) is 0 Å². The highest BCUT2D eigenvalue weighted by Gasteiger charge is 1.97. The van der Waals surface area contributed by atoms with Crippen LogP contribution in [-0.2, 0) is 0 Å². The SMILES string of the molecule is CSc1cc(I)nc(Cl)n1. The van der Waals surface area contributed by atoms with Crippen molar-refractivity contribution in [2.24, 2.45) is 0 Å². The number of hydrogen-bond acceptors (Lipinski definition) is 3. The minimum Gasteiger partial charge on any atom is -0.212 e. The van der Waals surface area contributed by atoms with Gasteiger partial charge in [0.15, 0.2) is 0 Å². The molecule has 0 aliphatic carbocycles. The zero-order valence-electron chi connectivity index (χ0n) is 5.14. The van der Waals surface area contributed by atoms with E-state index in [0.29, 0.717) is 5.28 Å². The van der Waals surface area contributed by atoms with Gasteiger partial charge in [0.25, 0.3) is 0 Å². The first kappa shape index (κ1) is 8.55. The Hall–Kier alpha value is 0.450. The number of aromatic nitrogens is 2. The molecular weight excluding hydrogens is 282 g/mol. The molecule has 0 bridgehead atoms. The van der Waals surface area contributed by atoms with Crippen LogP contribution in [0.15, 0.2) is 11.1 Å². The Balaban J connectivity index is 3.06. The fraction of sp³-hybridized carbons (Fsp3) is 0.200. The highest BCUT2D eigenvalue weighted by molar-refractivity contribution is 14.1. The quantitative estimate of drug-likeness (QED) is 0.343. The van der Waals surface area contributed by atoms with Crippen molar-refractivity contribution in [1.29, 1.82) is 0 Å². The van der Waals surface area contributed by atoms with Gasteiger partial charge in [0, 0.05) is 6.07 Å². The smallest absolute Gasteiger partial charge is 0.212 e. The van der Waals surface area contributed by atoms with E-state index in [4.69, 9.17) is 11.6 Å². The summed E-state index contributed by atoms with van der Waals surface area (Å²) in [6.07, 6.45) is 1.95. The molecule has 5 heteroatoms. The zero-order valence-corrected chi connectivity index (χ0v) is 8.87. The van der Waals surface area contributed by atoms with Crippen molar-refractivity contribution in [2.45, 2.75) is 5.03 Å². The maximum Gasteiger partial charge on any atom is 0.224 e. The van der Waals surface area contributed by atoms with E-state index in [0.717, 1.165) is 8.73 Å². The molecule has 0 unspecified atom stereocenters. The molecule has 0 N–H and O–H groups in total. The second kappa shape index (κ2) is 3.73. The fourth-order valence-electron chi connectivity index (χ4n) is 0.475. The lowest BCUT2D eigenvalue weighted by Crippen LogP contribution is -1.87. The Bertz CT molecular complexity index is 223. The molecule has 1 aromatic rings. The number of nitrogens with zero attached hydrogens (tertiary/aromatic N) is 2. The van der Waals surface area contributed by atoms with E-state index < -0.39 is 0 Å². The van der Waals surface area contributed by atoms with Crippen LogP contribution in [0.4, 0.5) is 0 Å². The molecule has 1 aromatic heterocycles. The van der Waals surface area contributed by atoms with Gasteiger partial charge in [-0.05, 0) is 40.4 Å². The van der Waals surface area contributed by atoms with Gasteiger partial charge in [0.05, 0.1) is 0 Å². The standard InChI is InChI=1S/C5H4ClIN2S/c1-10-4-2-3(7)8-5(6)9-4/h2H,1H3. The van der Waals surface area contributed by atoms with Gasteiger partial charge in [-0.3, -0.25) is 0 Å². The molecule has 0 saturated carbocycles. The van der Waals surface area contributed by atoms with Gasteiger partial charge in [0.2, 0.25) is 5.28 Å². The van der Waals surface area contributed by atoms with Crippen LogP contribution in [0, 0.1) is 3.70 Å². The lowest BCUT2D eigenvalue weighted by atomic mass is 10.7. The molecule has 2 nitrogen and oxygen atoms in total. The van der Waals surface area contributed by atoms with Crippen molar-refractivity contribution in [1.82, 2.24) is 9.97 Å². The first-order chi connectivity index (χ1) is 4.72. The molecule has 0 aromatic carbocycles. The topological polar surface area (TPSA) is 25.8 Å². The van der Waals surface area contributed by atoms with E-state index in [2.05, 4.69) is 32.6 Å². The number of hydrogen-bond donors (Lipinski definition) is 0. The maximum absolute atomic E-state index is 5.59. The van der Waals surface area contributed by atoms with E-state index in [9.17, 15) is 0 Å². The first-order valence-electron chi connectivity index (χ1n) is 2.46. The lowest BCUT2D eigenvalue weighted by Gasteiger charge is -1.95. The average molecular weight is 287 g/mol. The molecule has 0 saturated heterocycles. The summed E-state index contributed by atoms with van der Waals surface area (Å²) in [4.78, 5) is 7.87. The minimum absolute atomic E-state index is 0.316. The second-order valence-corrected chi connectivity index (χ2v) is 3.77. The van der Waals surface area contributed by atoms with Gasteiger partial charge >= 0.3 is 0 Å². The van der Waals surface area contributed by atoms with Gasteiger partial charge in [-0.15, -0.1) is 11.8 Å². The van der Waals surface area contributed by atoms with Crippen LogP contribution >= 0.6 is 46.0 Å². The molecule has 0 atom stereocenters. The summed E-state index contributed by atoms with van der Waals surface area (Å²) in [6.45, 7) is 0. The van der Waals surface area contributed by atoms with Crippen molar-refractivity contribution in [3.05, 3.63) is 15.1 Å². The first-order valence-corrected chi connectivity index (χ1v) is 5.14. The summed E-state index contributed by atoms with van der Waals surface area (Å²) in [5.41, 5.74) is 0. The lowest BCUT2D eigenvalue weighted by molar-refractivity contribution is 1.03. The van der Waals surface area contributed by atoms with E-state index >= 15 is 0 Å². The van der Waals surface area contributed by atoms with Crippen molar-refractivity contribution in [3.8, 4) is 0 Å². The van der Waals surface area contributed by atoms with E-state index in [1.807, 2.05) is 12.3 Å². The van der Waals surface area contributed by atoms with Crippen LogP contribution in [-0.4, -0.2) is 16.2 Å². The summed E-state index contributed by atoms with van der Waals surface area (Å²) in [6, 6.07) is 1.89. The Kier molecular flexibility index (Phi) is 3.19. The molecule has 0 amide bonds. The summed E-state index contributed by atoms with van der Waals surface area (Å²) in [7, 11) is 0. The van der Waals surface area contributed by atoms with Crippen LogP contribution in [0.2, 0.25) is 5.28 Å². The maximum atomic E-state index is 5.59. The monoisotopic (exact) mass is 286 g/mol. The average Bonchev–Trinajstić information content (AvgIpc) is 1.85. The van der Waals surface area contributed by atoms with Crippen LogP contribution < -0.4 is 0 Å².